The van der Waals surface area contributed by atoms with Crippen molar-refractivity contribution in [2.45, 2.75) is 50.7 Å². The lowest BCUT2D eigenvalue weighted by Crippen LogP contribution is -2.47. The van der Waals surface area contributed by atoms with E-state index in [1.54, 1.807) is 0 Å². The summed E-state index contributed by atoms with van der Waals surface area (Å²) in [6.45, 7) is 1.07. The minimum Gasteiger partial charge on any atom is -0.480 e. The molecule has 0 bridgehead atoms. The predicted molar refractivity (Wildman–Crippen MR) is 79.2 cm³/mol. The van der Waals surface area contributed by atoms with Crippen LogP contribution in [0.1, 0.15) is 38.5 Å². The molecule has 2 aliphatic rings. The van der Waals surface area contributed by atoms with Crippen LogP contribution in [0.25, 0.3) is 0 Å². The summed E-state index contributed by atoms with van der Waals surface area (Å²) in [6, 6.07) is -0.907. The van der Waals surface area contributed by atoms with Crippen LogP contribution in [0.2, 0.25) is 0 Å². The number of alkyl carbamates (subject to hydrolysis) is 1. The van der Waals surface area contributed by atoms with E-state index < -0.39 is 18.1 Å². The van der Waals surface area contributed by atoms with Crippen LogP contribution < -0.4 is 5.32 Å². The molecule has 1 amide bonds. The molecular weight excluding hydrogens is 286 g/mol. The average molecular weight is 309 g/mol. The molecule has 0 aromatic rings. The van der Waals surface area contributed by atoms with Gasteiger partial charge in [0.1, 0.15) is 12.1 Å². The van der Waals surface area contributed by atoms with Crippen LogP contribution in [0.5, 0.6) is 0 Å². The first kappa shape index (κ1) is 16.6. The Kier molecular flexibility index (Phi) is 6.08. The van der Waals surface area contributed by atoms with Crippen LogP contribution in [0.3, 0.4) is 0 Å². The number of aliphatic carboxylic acids is 1. The van der Waals surface area contributed by atoms with Crippen molar-refractivity contribution < 1.29 is 24.2 Å². The third-order valence-electron chi connectivity index (χ3n) is 4.29. The van der Waals surface area contributed by atoms with Crippen molar-refractivity contribution in [3.05, 3.63) is 0 Å². The van der Waals surface area contributed by atoms with E-state index in [-0.39, 0.29) is 12.0 Å². The second kappa shape index (κ2) is 8.04. The molecule has 3 atom stereocenters. The highest BCUT2D eigenvalue weighted by Crippen LogP contribution is 2.38. The molecule has 6 heteroatoms. The Hall–Kier alpha value is -1.74. The Balaban J connectivity index is 1.73. The number of ether oxygens (including phenoxy) is 2. The number of amides is 1. The minimum absolute atomic E-state index is 0.0955. The van der Waals surface area contributed by atoms with E-state index in [0.717, 1.165) is 25.7 Å². The van der Waals surface area contributed by atoms with Crippen molar-refractivity contribution in [1.29, 1.82) is 0 Å². The quantitative estimate of drug-likeness (QED) is 0.553. The van der Waals surface area contributed by atoms with Gasteiger partial charge in [0.05, 0.1) is 0 Å². The molecule has 1 saturated carbocycles. The molecule has 122 valence electrons. The average Bonchev–Trinajstić information content (AvgIpc) is 3.23. The van der Waals surface area contributed by atoms with E-state index in [2.05, 4.69) is 11.2 Å². The topological polar surface area (TPSA) is 84.9 Å². The smallest absolute Gasteiger partial charge is 0.408 e. The molecule has 2 fully saturated rings. The second-order valence-corrected chi connectivity index (χ2v) is 5.95. The molecule has 1 heterocycles. The monoisotopic (exact) mass is 309 g/mol. The van der Waals surface area contributed by atoms with Gasteiger partial charge in [0.25, 0.3) is 0 Å². The maximum absolute atomic E-state index is 11.9. The maximum Gasteiger partial charge on any atom is 0.408 e. The predicted octanol–water partition coefficient (Wildman–Crippen LogP) is 1.78. The van der Waals surface area contributed by atoms with E-state index >= 15 is 0 Å². The van der Waals surface area contributed by atoms with Crippen LogP contribution >= 0.6 is 0 Å². The molecule has 0 radical (unpaired) electrons. The van der Waals surface area contributed by atoms with Crippen LogP contribution in [0.15, 0.2) is 0 Å². The molecule has 1 aliphatic carbocycles. The highest BCUT2D eigenvalue weighted by atomic mass is 16.6. The van der Waals surface area contributed by atoms with Crippen molar-refractivity contribution in [3.8, 4) is 12.3 Å². The SMILES string of the molecule is C#CCCCC1CC1OC(=O)NC(C(=O)O)C1CCOCC1. The third kappa shape index (κ3) is 4.92. The normalized spacial score (nSPS) is 25.8. The molecule has 3 unspecified atom stereocenters. The van der Waals surface area contributed by atoms with Gasteiger partial charge in [-0.05, 0) is 43.9 Å². The molecule has 6 nitrogen and oxygen atoms in total. The number of hydrogen-bond acceptors (Lipinski definition) is 4. The van der Waals surface area contributed by atoms with E-state index in [9.17, 15) is 14.7 Å². The number of carboxylic acid groups (broad SMARTS) is 1. The first-order chi connectivity index (χ1) is 10.6. The number of hydrogen-bond donors (Lipinski definition) is 2. The van der Waals surface area contributed by atoms with Gasteiger partial charge in [0, 0.05) is 19.6 Å². The van der Waals surface area contributed by atoms with E-state index in [4.69, 9.17) is 15.9 Å². The number of rotatable bonds is 7. The second-order valence-electron chi connectivity index (χ2n) is 5.95. The highest BCUT2D eigenvalue weighted by molar-refractivity contribution is 5.80. The van der Waals surface area contributed by atoms with Crippen LogP contribution in [0.4, 0.5) is 4.79 Å². The Morgan fingerprint density at radius 2 is 2.14 bits per heavy atom. The van der Waals surface area contributed by atoms with Gasteiger partial charge in [0.2, 0.25) is 0 Å². The van der Waals surface area contributed by atoms with Gasteiger partial charge in [-0.15, -0.1) is 12.3 Å². The lowest BCUT2D eigenvalue weighted by molar-refractivity contribution is -0.141. The Labute approximate surface area is 130 Å². The van der Waals surface area contributed by atoms with Gasteiger partial charge < -0.3 is 19.9 Å². The standard InChI is InChI=1S/C16H23NO5/c1-2-3-4-5-12-10-13(12)22-16(20)17-14(15(18)19)11-6-8-21-9-7-11/h1,11-14H,3-10H2,(H,17,20)(H,18,19). The first-order valence-corrected chi connectivity index (χ1v) is 7.83. The summed E-state index contributed by atoms with van der Waals surface area (Å²) in [6.07, 6.45) is 9.19. The van der Waals surface area contributed by atoms with Gasteiger partial charge in [0.15, 0.2) is 0 Å². The van der Waals surface area contributed by atoms with E-state index in [0.29, 0.717) is 32.0 Å². The fourth-order valence-electron chi connectivity index (χ4n) is 2.86. The molecule has 1 saturated heterocycles. The fraction of sp³-hybridized carbons (Fsp3) is 0.750. The zero-order chi connectivity index (χ0) is 15.9. The molecule has 22 heavy (non-hydrogen) atoms. The van der Waals surface area contributed by atoms with Crippen molar-refractivity contribution in [2.75, 3.05) is 13.2 Å². The minimum atomic E-state index is -1.02. The third-order valence-corrected chi connectivity index (χ3v) is 4.29. The van der Waals surface area contributed by atoms with Gasteiger partial charge in [-0.3, -0.25) is 0 Å². The molecule has 1 aliphatic heterocycles. The Morgan fingerprint density at radius 3 is 2.77 bits per heavy atom. The lowest BCUT2D eigenvalue weighted by atomic mass is 9.92. The van der Waals surface area contributed by atoms with Gasteiger partial charge in [-0.25, -0.2) is 9.59 Å². The van der Waals surface area contributed by atoms with Crippen molar-refractivity contribution >= 4 is 12.1 Å². The number of terminal acetylenes is 1. The lowest BCUT2D eigenvalue weighted by Gasteiger charge is -2.27. The van der Waals surface area contributed by atoms with Crippen LogP contribution in [0, 0.1) is 24.2 Å². The molecule has 0 aromatic heterocycles. The molecule has 0 spiro atoms. The first-order valence-electron chi connectivity index (χ1n) is 7.83. The number of carbonyl (C=O) groups excluding carboxylic acids is 1. The van der Waals surface area contributed by atoms with E-state index in [1.807, 2.05) is 0 Å². The summed E-state index contributed by atoms with van der Waals surface area (Å²) < 4.78 is 10.5. The Morgan fingerprint density at radius 1 is 1.41 bits per heavy atom. The number of unbranched alkanes of at least 4 members (excludes halogenated alkanes) is 1. The van der Waals surface area contributed by atoms with Crippen LogP contribution in [-0.2, 0) is 14.3 Å². The van der Waals surface area contributed by atoms with Crippen LogP contribution in [-0.4, -0.2) is 42.5 Å². The van der Waals surface area contributed by atoms with Crippen molar-refractivity contribution in [1.82, 2.24) is 5.32 Å². The van der Waals surface area contributed by atoms with Gasteiger partial charge in [-0.1, -0.05) is 0 Å². The zero-order valence-corrected chi connectivity index (χ0v) is 12.6. The summed E-state index contributed by atoms with van der Waals surface area (Å²) >= 11 is 0. The Bertz CT molecular complexity index is 438. The molecule has 0 aromatic carbocycles. The van der Waals surface area contributed by atoms with Crippen molar-refractivity contribution in [2.24, 2.45) is 11.8 Å². The maximum atomic E-state index is 11.9. The number of nitrogens with one attached hydrogen (secondary N) is 1. The zero-order valence-electron chi connectivity index (χ0n) is 12.6. The summed E-state index contributed by atoms with van der Waals surface area (Å²) in [7, 11) is 0. The van der Waals surface area contributed by atoms with Gasteiger partial charge >= 0.3 is 12.1 Å². The molecule has 2 N–H and O–H groups in total. The summed E-state index contributed by atoms with van der Waals surface area (Å²) in [4.78, 5) is 23.2. The molecular formula is C16H23NO5. The summed E-state index contributed by atoms with van der Waals surface area (Å²) in [5.74, 6) is 1.82. The van der Waals surface area contributed by atoms with E-state index in [1.165, 1.54) is 0 Å². The number of carbonyl (C=O) groups is 2. The molecule has 2 rings (SSSR count). The summed E-state index contributed by atoms with van der Waals surface area (Å²) in [5, 5.41) is 11.8. The fourth-order valence-corrected chi connectivity index (χ4v) is 2.86. The van der Waals surface area contributed by atoms with Crippen molar-refractivity contribution in [3.63, 3.8) is 0 Å². The van der Waals surface area contributed by atoms with Gasteiger partial charge in [-0.2, -0.15) is 0 Å². The summed E-state index contributed by atoms with van der Waals surface area (Å²) in [5.41, 5.74) is 0. The highest BCUT2D eigenvalue weighted by Gasteiger charge is 2.41. The number of carboxylic acids is 1. The largest absolute Gasteiger partial charge is 0.480 e.